The molecule has 0 atom stereocenters. The van der Waals surface area contributed by atoms with E-state index in [4.69, 9.17) is 4.74 Å². The minimum absolute atomic E-state index is 0.0447. The van der Waals surface area contributed by atoms with Crippen LogP contribution in [0.2, 0.25) is 0 Å². The van der Waals surface area contributed by atoms with Gasteiger partial charge in [-0.25, -0.2) is 9.59 Å². The maximum Gasteiger partial charge on any atom is 0.407 e. The number of carbonyl (C=O) groups excluding carboxylic acids is 2. The Balaban J connectivity index is 1.73. The van der Waals surface area contributed by atoms with Crippen LogP contribution in [0.5, 0.6) is 0 Å². The fraction of sp³-hybridized carbons (Fsp3) is 0.500. The van der Waals surface area contributed by atoms with Crippen LogP contribution in [-0.2, 0) is 9.53 Å². The van der Waals surface area contributed by atoms with Gasteiger partial charge in [-0.1, -0.05) is 37.3 Å². The molecular formula is C26H32N2O5S. The number of rotatable bonds is 5. The van der Waals surface area contributed by atoms with E-state index in [1.54, 1.807) is 0 Å². The van der Waals surface area contributed by atoms with Gasteiger partial charge in [-0.3, -0.25) is 4.79 Å². The number of esters is 1. The minimum Gasteiger partial charge on any atom is -0.465 e. The number of ether oxygens (including phenoxy) is 1. The van der Waals surface area contributed by atoms with Gasteiger partial charge in [-0.15, -0.1) is 11.3 Å². The zero-order valence-corrected chi connectivity index (χ0v) is 20.6. The number of hydrogen-bond acceptors (Lipinski definition) is 5. The summed E-state index contributed by atoms with van der Waals surface area (Å²) in [6.45, 7) is 2.96. The molecule has 4 rings (SSSR count). The summed E-state index contributed by atoms with van der Waals surface area (Å²) < 4.78 is 5.10. The van der Waals surface area contributed by atoms with E-state index in [-0.39, 0.29) is 17.9 Å². The Morgan fingerprint density at radius 2 is 1.68 bits per heavy atom. The van der Waals surface area contributed by atoms with Crippen LogP contribution in [0, 0.1) is 11.8 Å². The molecule has 2 heterocycles. The van der Waals surface area contributed by atoms with Crippen molar-refractivity contribution in [1.29, 1.82) is 0 Å². The molecule has 1 aliphatic heterocycles. The summed E-state index contributed by atoms with van der Waals surface area (Å²) >= 11 is 1.33. The number of likely N-dealkylation sites (tertiary alicyclic amines) is 1. The molecule has 182 valence electrons. The Morgan fingerprint density at radius 1 is 1.03 bits per heavy atom. The van der Waals surface area contributed by atoms with Crippen LogP contribution in [0.4, 0.5) is 10.5 Å². The normalized spacial score (nSPS) is 21.2. The van der Waals surface area contributed by atoms with E-state index >= 15 is 0 Å². The van der Waals surface area contributed by atoms with Gasteiger partial charge in [-0.05, 0) is 56.1 Å². The first-order valence-corrected chi connectivity index (χ1v) is 12.8. The Labute approximate surface area is 204 Å². The number of carbonyl (C=O) groups is 3. The molecule has 0 radical (unpaired) electrons. The topological polar surface area (TPSA) is 87.2 Å². The highest BCUT2D eigenvalue weighted by Gasteiger charge is 2.38. The van der Waals surface area contributed by atoms with Crippen molar-refractivity contribution < 1.29 is 24.2 Å². The van der Waals surface area contributed by atoms with Crippen molar-refractivity contribution in [2.45, 2.75) is 51.5 Å². The first-order chi connectivity index (χ1) is 16.4. The monoisotopic (exact) mass is 484 g/mol. The number of benzene rings is 1. The van der Waals surface area contributed by atoms with E-state index in [1.807, 2.05) is 41.3 Å². The first-order valence-electron chi connectivity index (χ1n) is 12.0. The lowest BCUT2D eigenvalue weighted by Gasteiger charge is -2.40. The number of amides is 2. The van der Waals surface area contributed by atoms with Crippen LogP contribution < -0.4 is 4.90 Å². The van der Waals surface area contributed by atoms with Crippen molar-refractivity contribution in [3.63, 3.8) is 0 Å². The molecule has 1 saturated heterocycles. The fourth-order valence-electron chi connectivity index (χ4n) is 5.06. The second-order valence-corrected chi connectivity index (χ2v) is 10.4. The lowest BCUT2D eigenvalue weighted by molar-refractivity contribution is -0.124. The van der Waals surface area contributed by atoms with Crippen molar-refractivity contribution in [3.8, 4) is 10.4 Å². The predicted molar refractivity (Wildman–Crippen MR) is 132 cm³/mol. The van der Waals surface area contributed by atoms with Gasteiger partial charge in [0, 0.05) is 29.9 Å². The summed E-state index contributed by atoms with van der Waals surface area (Å²) in [5, 5.41) is 9.38. The standard InChI is InChI=1S/C26H32N2O5S/c1-17-8-10-19(11-9-17)24(29)28(20-12-14-27(15-13-20)26(31)32)21-16-22(18-6-4-3-5-7-18)34-23(21)25(30)33-2/h3-7,16-17,19-20H,8-15H2,1-2H3,(H,31,32). The highest BCUT2D eigenvalue weighted by Crippen LogP contribution is 2.41. The quantitative estimate of drug-likeness (QED) is 0.566. The summed E-state index contributed by atoms with van der Waals surface area (Å²) in [5.41, 5.74) is 1.57. The summed E-state index contributed by atoms with van der Waals surface area (Å²) in [4.78, 5) is 42.8. The van der Waals surface area contributed by atoms with Gasteiger partial charge >= 0.3 is 12.1 Å². The van der Waals surface area contributed by atoms with E-state index in [0.717, 1.165) is 36.1 Å². The van der Waals surface area contributed by atoms with Crippen molar-refractivity contribution in [2.24, 2.45) is 11.8 Å². The molecule has 1 aromatic carbocycles. The number of piperidine rings is 1. The number of hydrogen-bond donors (Lipinski definition) is 1. The van der Waals surface area contributed by atoms with Gasteiger partial charge in [0.05, 0.1) is 12.8 Å². The predicted octanol–water partition coefficient (Wildman–Crippen LogP) is 5.50. The Bertz CT molecular complexity index is 1020. The zero-order valence-electron chi connectivity index (χ0n) is 19.7. The lowest BCUT2D eigenvalue weighted by Crippen LogP contribution is -2.51. The van der Waals surface area contributed by atoms with Gasteiger partial charge in [0.15, 0.2) is 0 Å². The maximum absolute atomic E-state index is 14.0. The molecule has 2 aliphatic rings. The Morgan fingerprint density at radius 3 is 2.26 bits per heavy atom. The largest absolute Gasteiger partial charge is 0.465 e. The fourth-order valence-corrected chi connectivity index (χ4v) is 6.13. The van der Waals surface area contributed by atoms with E-state index in [1.165, 1.54) is 23.3 Å². The molecule has 34 heavy (non-hydrogen) atoms. The van der Waals surface area contributed by atoms with Crippen LogP contribution >= 0.6 is 11.3 Å². The molecule has 2 fully saturated rings. The lowest BCUT2D eigenvalue weighted by atomic mass is 9.82. The van der Waals surface area contributed by atoms with Gasteiger partial charge in [0.1, 0.15) is 4.88 Å². The van der Waals surface area contributed by atoms with Gasteiger partial charge < -0.3 is 19.6 Å². The first kappa shape index (κ1) is 24.3. The molecule has 2 amide bonds. The molecule has 0 spiro atoms. The van der Waals surface area contributed by atoms with Crippen LogP contribution in [0.15, 0.2) is 36.4 Å². The van der Waals surface area contributed by atoms with Crippen LogP contribution in [0.1, 0.15) is 55.1 Å². The van der Waals surface area contributed by atoms with Crippen molar-refractivity contribution >= 4 is 35.0 Å². The second kappa shape index (κ2) is 10.6. The van der Waals surface area contributed by atoms with E-state index < -0.39 is 12.1 Å². The number of nitrogens with zero attached hydrogens (tertiary/aromatic N) is 2. The minimum atomic E-state index is -0.935. The van der Waals surface area contributed by atoms with E-state index in [2.05, 4.69) is 6.92 Å². The van der Waals surface area contributed by atoms with Crippen LogP contribution in [-0.4, -0.2) is 54.2 Å². The van der Waals surface area contributed by atoms with Gasteiger partial charge in [0.2, 0.25) is 5.91 Å². The number of carboxylic acid groups (broad SMARTS) is 1. The molecule has 1 aliphatic carbocycles. The SMILES string of the molecule is COC(=O)c1sc(-c2ccccc2)cc1N(C(=O)C1CCC(C)CC1)C1CCN(C(=O)O)CC1. The number of anilines is 1. The van der Waals surface area contributed by atoms with Gasteiger partial charge in [0.25, 0.3) is 0 Å². The Hall–Kier alpha value is -2.87. The van der Waals surface area contributed by atoms with Crippen molar-refractivity contribution in [2.75, 3.05) is 25.1 Å². The van der Waals surface area contributed by atoms with Crippen LogP contribution in [0.25, 0.3) is 10.4 Å². The average molecular weight is 485 g/mol. The highest BCUT2D eigenvalue weighted by atomic mass is 32.1. The third-order valence-electron chi connectivity index (χ3n) is 7.10. The van der Waals surface area contributed by atoms with E-state index in [0.29, 0.717) is 42.4 Å². The molecule has 1 N–H and O–H groups in total. The summed E-state index contributed by atoms with van der Waals surface area (Å²) in [5.74, 6) is 0.121. The molecular weight excluding hydrogens is 452 g/mol. The molecule has 7 nitrogen and oxygen atoms in total. The second-order valence-electron chi connectivity index (χ2n) is 9.35. The number of thiophene rings is 1. The van der Waals surface area contributed by atoms with Gasteiger partial charge in [-0.2, -0.15) is 0 Å². The van der Waals surface area contributed by atoms with Crippen LogP contribution in [0.3, 0.4) is 0 Å². The third-order valence-corrected chi connectivity index (χ3v) is 8.26. The summed E-state index contributed by atoms with van der Waals surface area (Å²) in [6, 6.07) is 11.6. The third kappa shape index (κ3) is 5.12. The van der Waals surface area contributed by atoms with E-state index in [9.17, 15) is 19.5 Å². The summed E-state index contributed by atoms with van der Waals surface area (Å²) in [6.07, 6.45) is 3.86. The molecule has 2 aromatic rings. The molecule has 8 heteroatoms. The number of methoxy groups -OCH3 is 1. The summed E-state index contributed by atoms with van der Waals surface area (Å²) in [7, 11) is 1.36. The molecule has 1 saturated carbocycles. The van der Waals surface area contributed by atoms with Crippen molar-refractivity contribution in [3.05, 3.63) is 41.3 Å². The zero-order chi connectivity index (χ0) is 24.2. The maximum atomic E-state index is 14.0. The molecule has 1 aromatic heterocycles. The highest BCUT2D eigenvalue weighted by molar-refractivity contribution is 7.18. The smallest absolute Gasteiger partial charge is 0.407 e. The van der Waals surface area contributed by atoms with Crippen molar-refractivity contribution in [1.82, 2.24) is 4.90 Å². The average Bonchev–Trinajstić information content (AvgIpc) is 3.30. The molecule has 0 unspecified atom stereocenters. The Kier molecular flexibility index (Phi) is 7.56. The molecule has 0 bridgehead atoms.